The maximum absolute atomic E-state index is 11.3. The van der Waals surface area contributed by atoms with Crippen LogP contribution in [-0.4, -0.2) is 12.8 Å². The summed E-state index contributed by atoms with van der Waals surface area (Å²) in [4.78, 5) is 0. The summed E-state index contributed by atoms with van der Waals surface area (Å²) in [6, 6.07) is 0. The number of rotatable bonds is 4. The Labute approximate surface area is 76.3 Å². The molecule has 0 saturated heterocycles. The fourth-order valence-electron chi connectivity index (χ4n) is 0.429. The molecule has 1 atom stereocenters. The molecule has 0 aromatic carbocycles. The van der Waals surface area contributed by atoms with E-state index in [9.17, 15) is 4.57 Å². The largest absolute Gasteiger partial charge is 0.448 e. The lowest BCUT2D eigenvalue weighted by molar-refractivity contribution is 0.448. The van der Waals surface area contributed by atoms with E-state index in [4.69, 9.17) is 27.7 Å². The van der Waals surface area contributed by atoms with Gasteiger partial charge in [0.25, 0.3) is 0 Å². The van der Waals surface area contributed by atoms with Gasteiger partial charge >= 0.3 is 0 Å². The van der Waals surface area contributed by atoms with Crippen LogP contribution in [0.2, 0.25) is 0 Å². The number of halogens is 2. The molecule has 1 unspecified atom stereocenters. The Bertz CT molecular complexity index is 209. The van der Waals surface area contributed by atoms with Crippen LogP contribution >= 0.6 is 30.6 Å². The minimum atomic E-state index is -2.61. The lowest BCUT2D eigenvalue weighted by Crippen LogP contribution is -1.84. The zero-order chi connectivity index (χ0) is 8.91. The molecule has 0 aliphatic carbocycles. The molecule has 0 saturated carbocycles. The summed E-state index contributed by atoms with van der Waals surface area (Å²) in [5.74, 6) is 0. The molecule has 0 aromatic rings. The number of allylic oxidation sites excluding steroid dienone is 1. The van der Waals surface area contributed by atoms with Crippen LogP contribution in [0, 0.1) is 0 Å². The molecule has 0 aliphatic rings. The van der Waals surface area contributed by atoms with E-state index in [-0.39, 0.29) is 4.49 Å². The van der Waals surface area contributed by atoms with Crippen molar-refractivity contribution in [1.82, 2.24) is 0 Å². The number of hydrogen-bond donors (Lipinski definition) is 0. The third kappa shape index (κ3) is 6.49. The third-order valence-electron chi connectivity index (χ3n) is 0.826. The van der Waals surface area contributed by atoms with Gasteiger partial charge in [0.1, 0.15) is 10.8 Å². The molecule has 2 nitrogen and oxygen atoms in total. The van der Waals surface area contributed by atoms with E-state index in [0.29, 0.717) is 6.16 Å². The lowest BCUT2D eigenvalue weighted by atomic mass is 10.8. The summed E-state index contributed by atoms with van der Waals surface area (Å²) in [5, 5.41) is 0. The molecule has 0 heterocycles. The van der Waals surface area contributed by atoms with Crippen molar-refractivity contribution >= 4 is 30.6 Å². The normalized spacial score (nSPS) is 14.8. The van der Waals surface area contributed by atoms with Gasteiger partial charge in [0.2, 0.25) is 7.37 Å². The third-order valence-corrected chi connectivity index (χ3v) is 2.48. The molecule has 0 spiro atoms. The van der Waals surface area contributed by atoms with E-state index in [1.165, 1.54) is 12.7 Å². The van der Waals surface area contributed by atoms with Crippen molar-refractivity contribution in [2.24, 2.45) is 0 Å². The molecule has 0 fully saturated rings. The second kappa shape index (κ2) is 4.87. The van der Waals surface area contributed by atoms with Gasteiger partial charge in [-0.3, -0.25) is 4.57 Å². The van der Waals surface area contributed by atoms with Crippen molar-refractivity contribution in [2.45, 2.75) is 0 Å². The van der Waals surface area contributed by atoms with Crippen molar-refractivity contribution in [3.8, 4) is 0 Å². The van der Waals surface area contributed by atoms with Crippen LogP contribution in [0.5, 0.6) is 0 Å². The van der Waals surface area contributed by atoms with Gasteiger partial charge in [-0.05, 0) is 0 Å². The van der Waals surface area contributed by atoms with E-state index in [1.54, 1.807) is 0 Å². The summed E-state index contributed by atoms with van der Waals surface area (Å²) >= 11 is 10.5. The van der Waals surface area contributed by atoms with Crippen molar-refractivity contribution in [3.63, 3.8) is 0 Å². The monoisotopic (exact) mass is 214 g/mol. The first-order valence-electron chi connectivity index (χ1n) is 2.85. The summed E-state index contributed by atoms with van der Waals surface area (Å²) < 4.78 is 16.0. The van der Waals surface area contributed by atoms with Crippen LogP contribution in [0.1, 0.15) is 0 Å². The van der Waals surface area contributed by atoms with E-state index in [1.807, 2.05) is 0 Å². The molecule has 11 heavy (non-hydrogen) atoms. The molecular formula is C6H9Cl2O2P. The average molecular weight is 215 g/mol. The Hall–Kier alpha value is 0.0900. The number of hydrogen-bond acceptors (Lipinski definition) is 2. The minimum absolute atomic E-state index is 0.0452. The van der Waals surface area contributed by atoms with Crippen LogP contribution in [0.3, 0.4) is 0 Å². The first kappa shape index (κ1) is 11.1. The summed E-state index contributed by atoms with van der Waals surface area (Å²) in [7, 11) is -2.61. The van der Waals surface area contributed by atoms with Crippen LogP contribution < -0.4 is 0 Å². The van der Waals surface area contributed by atoms with Gasteiger partial charge in [-0.25, -0.2) is 0 Å². The van der Waals surface area contributed by atoms with Crippen LogP contribution in [-0.2, 0) is 9.09 Å². The van der Waals surface area contributed by atoms with Crippen LogP contribution in [0.15, 0.2) is 23.4 Å². The topological polar surface area (TPSA) is 26.3 Å². The van der Waals surface area contributed by atoms with Gasteiger partial charge in [-0.1, -0.05) is 29.3 Å². The SMILES string of the molecule is C=CCP(C)(=O)OC=C(Cl)Cl. The highest BCUT2D eigenvalue weighted by molar-refractivity contribution is 7.58. The Kier molecular flexibility index (Phi) is 4.91. The zero-order valence-corrected chi connectivity index (χ0v) is 8.49. The lowest BCUT2D eigenvalue weighted by Gasteiger charge is -2.08. The molecule has 0 aromatic heterocycles. The molecule has 0 aliphatic heterocycles. The first-order chi connectivity index (χ1) is 4.98. The van der Waals surface area contributed by atoms with Gasteiger partial charge in [0.05, 0.1) is 6.16 Å². The molecule has 0 radical (unpaired) electrons. The maximum Gasteiger partial charge on any atom is 0.248 e. The highest BCUT2D eigenvalue weighted by atomic mass is 35.5. The van der Waals surface area contributed by atoms with Gasteiger partial charge in [0, 0.05) is 6.66 Å². The van der Waals surface area contributed by atoms with E-state index in [2.05, 4.69) is 6.58 Å². The standard InChI is InChI=1S/C6H9Cl2O2P/c1-3-4-11(2,9)10-5-6(7)8/h3,5H,1,4H2,2H3. The average Bonchev–Trinajstić information content (AvgIpc) is 1.84. The zero-order valence-electron chi connectivity index (χ0n) is 6.09. The van der Waals surface area contributed by atoms with Crippen molar-refractivity contribution < 1.29 is 9.09 Å². The Balaban J connectivity index is 4.02. The molecule has 0 N–H and O–H groups in total. The molecular weight excluding hydrogens is 206 g/mol. The van der Waals surface area contributed by atoms with E-state index in [0.717, 1.165) is 6.26 Å². The maximum atomic E-state index is 11.3. The van der Waals surface area contributed by atoms with E-state index < -0.39 is 7.37 Å². The minimum Gasteiger partial charge on any atom is -0.448 e. The first-order valence-corrected chi connectivity index (χ1v) is 5.86. The summed E-state index contributed by atoms with van der Waals surface area (Å²) in [5.41, 5.74) is 0. The van der Waals surface area contributed by atoms with Crippen molar-refractivity contribution in [2.75, 3.05) is 12.8 Å². The summed E-state index contributed by atoms with van der Waals surface area (Å²) in [6.45, 7) is 4.92. The second-order valence-corrected chi connectivity index (χ2v) is 5.61. The second-order valence-electron chi connectivity index (χ2n) is 2.00. The van der Waals surface area contributed by atoms with Gasteiger partial charge in [-0.15, -0.1) is 6.58 Å². The smallest absolute Gasteiger partial charge is 0.248 e. The van der Waals surface area contributed by atoms with Gasteiger partial charge in [0.15, 0.2) is 0 Å². The highest BCUT2D eigenvalue weighted by Crippen LogP contribution is 2.43. The summed E-state index contributed by atoms with van der Waals surface area (Å²) in [6.07, 6.45) is 2.90. The molecule has 0 rings (SSSR count). The van der Waals surface area contributed by atoms with Gasteiger partial charge < -0.3 is 4.52 Å². The van der Waals surface area contributed by atoms with Gasteiger partial charge in [-0.2, -0.15) is 0 Å². The highest BCUT2D eigenvalue weighted by Gasteiger charge is 2.11. The van der Waals surface area contributed by atoms with Crippen LogP contribution in [0.25, 0.3) is 0 Å². The molecule has 0 bridgehead atoms. The molecule has 5 heteroatoms. The predicted molar refractivity (Wildman–Crippen MR) is 49.5 cm³/mol. The molecule has 0 amide bonds. The van der Waals surface area contributed by atoms with Crippen LogP contribution in [0.4, 0.5) is 0 Å². The van der Waals surface area contributed by atoms with Crippen molar-refractivity contribution in [1.29, 1.82) is 0 Å². The molecule has 64 valence electrons. The van der Waals surface area contributed by atoms with Crippen molar-refractivity contribution in [3.05, 3.63) is 23.4 Å². The Morgan fingerprint density at radius 1 is 1.73 bits per heavy atom. The Morgan fingerprint density at radius 3 is 2.64 bits per heavy atom. The fourth-order valence-corrected chi connectivity index (χ4v) is 1.53. The predicted octanol–water partition coefficient (Wildman–Crippen LogP) is 3.37. The Morgan fingerprint density at radius 2 is 2.27 bits per heavy atom. The fraction of sp³-hybridized carbons (Fsp3) is 0.333. The van der Waals surface area contributed by atoms with E-state index >= 15 is 0 Å². The quantitative estimate of drug-likeness (QED) is 0.408.